The number of aliphatic hydroxyl groups excluding tert-OH is 1. The van der Waals surface area contributed by atoms with Gasteiger partial charge in [0, 0.05) is 25.5 Å². The lowest BCUT2D eigenvalue weighted by atomic mass is 9.81. The number of rotatable bonds is 17. The van der Waals surface area contributed by atoms with Crippen molar-refractivity contribution in [1.29, 1.82) is 0 Å². The van der Waals surface area contributed by atoms with Gasteiger partial charge in [-0.1, -0.05) is 117 Å². The number of benzene rings is 1. The summed E-state index contributed by atoms with van der Waals surface area (Å²) in [5.74, 6) is -0.778. The molecule has 1 aromatic carbocycles. The molecule has 0 aliphatic heterocycles. The fourth-order valence-electron chi connectivity index (χ4n) is 6.36. The number of carbonyl (C=O) groups is 3. The third-order valence-corrected chi connectivity index (χ3v) is 9.30. The van der Waals surface area contributed by atoms with Crippen molar-refractivity contribution in [3.8, 4) is 0 Å². The Balaban J connectivity index is 1.95. The first kappa shape index (κ1) is 38.7. The van der Waals surface area contributed by atoms with E-state index in [0.29, 0.717) is 30.0 Å². The van der Waals surface area contributed by atoms with Crippen molar-refractivity contribution < 1.29 is 24.2 Å². The van der Waals surface area contributed by atoms with Gasteiger partial charge in [-0.25, -0.2) is 9.78 Å². The number of aromatic amines is 1. The van der Waals surface area contributed by atoms with Crippen LogP contribution in [0.1, 0.15) is 76.5 Å². The number of allylic oxidation sites excluding steroid dienone is 1. The zero-order valence-electron chi connectivity index (χ0n) is 27.1. The Morgan fingerprint density at radius 3 is 2.38 bits per heavy atom. The Morgan fingerprint density at radius 1 is 1.15 bits per heavy atom. The van der Waals surface area contributed by atoms with Crippen LogP contribution in [-0.2, 0) is 27.2 Å². The first-order valence-corrected chi connectivity index (χ1v) is 17.3. The highest BCUT2D eigenvalue weighted by Crippen LogP contribution is 2.39. The number of alkyl halides is 3. The molecule has 1 fully saturated rings. The molecule has 0 bridgehead atoms. The van der Waals surface area contributed by atoms with E-state index in [0.717, 1.165) is 25.7 Å². The van der Waals surface area contributed by atoms with E-state index < -0.39 is 51.9 Å². The van der Waals surface area contributed by atoms with Gasteiger partial charge in [0.2, 0.25) is 5.91 Å². The highest BCUT2D eigenvalue weighted by molar-refractivity contribution is 6.67. The summed E-state index contributed by atoms with van der Waals surface area (Å²) in [7, 11) is 0. The van der Waals surface area contributed by atoms with E-state index in [-0.39, 0.29) is 24.7 Å². The van der Waals surface area contributed by atoms with E-state index in [9.17, 15) is 19.5 Å². The molecule has 1 aliphatic carbocycles. The summed E-state index contributed by atoms with van der Waals surface area (Å²) in [6.07, 6.45) is 8.48. The van der Waals surface area contributed by atoms with Gasteiger partial charge >= 0.3 is 6.09 Å². The molecule has 1 aliphatic rings. The number of hydrogen-bond acceptors (Lipinski definition) is 6. The maximum Gasteiger partial charge on any atom is 0.405 e. The fraction of sp³-hybridized carbons (Fsp3) is 0.588. The van der Waals surface area contributed by atoms with Crippen LogP contribution in [0.3, 0.4) is 0 Å². The van der Waals surface area contributed by atoms with E-state index in [1.165, 1.54) is 12.7 Å². The topological polar surface area (TPSA) is 159 Å². The van der Waals surface area contributed by atoms with E-state index in [4.69, 9.17) is 45.3 Å². The van der Waals surface area contributed by atoms with Crippen LogP contribution in [-0.4, -0.2) is 60.6 Å². The van der Waals surface area contributed by atoms with Gasteiger partial charge in [-0.05, 0) is 36.2 Å². The summed E-state index contributed by atoms with van der Waals surface area (Å²) in [5, 5.41) is 17.3. The van der Waals surface area contributed by atoms with E-state index in [2.05, 4.69) is 41.0 Å². The van der Waals surface area contributed by atoms with Gasteiger partial charge in [0.05, 0.1) is 24.2 Å². The molecular formula is C34H48Cl3N5O5. The Labute approximate surface area is 292 Å². The SMILES string of the molecule is C=C[C@@H](C[C@@H](O)[C@H](CC1CCCCC1)NC(=O)[C@H](Cc1c[nH]cn1)NC(=O)[C@](Cc1ccccc1)(CC(Cl)(Cl)Cl)OC(N)=O)C(C)C. The van der Waals surface area contributed by atoms with Crippen LogP contribution in [0, 0.1) is 17.8 Å². The minimum atomic E-state index is -2.09. The largest absolute Gasteiger partial charge is 0.432 e. The van der Waals surface area contributed by atoms with E-state index >= 15 is 0 Å². The van der Waals surface area contributed by atoms with Gasteiger partial charge in [-0.15, -0.1) is 6.58 Å². The average Bonchev–Trinajstić information content (AvgIpc) is 3.52. The van der Waals surface area contributed by atoms with E-state index in [1.54, 1.807) is 36.5 Å². The molecule has 6 N–H and O–H groups in total. The van der Waals surface area contributed by atoms with Crippen molar-refractivity contribution in [1.82, 2.24) is 20.6 Å². The van der Waals surface area contributed by atoms with Crippen molar-refractivity contribution >= 4 is 52.7 Å². The number of primary amides is 1. The number of ether oxygens (including phenoxy) is 1. The Hall–Kier alpha value is -2.79. The lowest BCUT2D eigenvalue weighted by molar-refractivity contribution is -0.143. The molecule has 0 saturated heterocycles. The number of imidazole rings is 1. The first-order chi connectivity index (χ1) is 22.2. The number of nitrogens with zero attached hydrogens (tertiary/aromatic N) is 1. The summed E-state index contributed by atoms with van der Waals surface area (Å²) in [4.78, 5) is 47.7. The predicted octanol–water partition coefficient (Wildman–Crippen LogP) is 5.94. The number of aliphatic hydroxyl groups is 1. The normalized spacial score (nSPS) is 17.9. The molecule has 0 radical (unpaired) electrons. The molecule has 5 atom stereocenters. The molecule has 3 rings (SSSR count). The number of nitrogens with one attached hydrogen (secondary N) is 3. The molecule has 260 valence electrons. The molecule has 3 amide bonds. The molecule has 0 spiro atoms. The number of hydrogen-bond donors (Lipinski definition) is 5. The second-order valence-corrected chi connectivity index (χ2v) is 15.5. The number of H-pyrrole nitrogens is 1. The quantitative estimate of drug-likeness (QED) is 0.101. The summed E-state index contributed by atoms with van der Waals surface area (Å²) < 4.78 is 3.43. The van der Waals surface area contributed by atoms with Gasteiger partial charge in [0.15, 0.2) is 9.39 Å². The Bertz CT molecular complexity index is 1280. The highest BCUT2D eigenvalue weighted by atomic mass is 35.6. The minimum Gasteiger partial charge on any atom is -0.432 e. The number of halogens is 3. The zero-order chi connectivity index (χ0) is 34.6. The first-order valence-electron chi connectivity index (χ1n) is 16.2. The van der Waals surface area contributed by atoms with Crippen molar-refractivity contribution in [3.05, 3.63) is 66.8 Å². The number of amides is 3. The zero-order valence-corrected chi connectivity index (χ0v) is 29.4. The van der Waals surface area contributed by atoms with Crippen molar-refractivity contribution in [2.24, 2.45) is 23.5 Å². The summed E-state index contributed by atoms with van der Waals surface area (Å²) in [5.41, 5.74) is 4.46. The molecule has 1 heterocycles. The summed E-state index contributed by atoms with van der Waals surface area (Å²) >= 11 is 18.6. The van der Waals surface area contributed by atoms with Crippen molar-refractivity contribution in [3.63, 3.8) is 0 Å². The van der Waals surface area contributed by atoms with Crippen LogP contribution in [0.4, 0.5) is 4.79 Å². The molecule has 47 heavy (non-hydrogen) atoms. The van der Waals surface area contributed by atoms with Crippen LogP contribution < -0.4 is 16.4 Å². The van der Waals surface area contributed by atoms with Crippen LogP contribution in [0.25, 0.3) is 0 Å². The van der Waals surface area contributed by atoms with Gasteiger partial charge in [0.25, 0.3) is 5.91 Å². The van der Waals surface area contributed by atoms with Gasteiger partial charge in [-0.3, -0.25) is 9.59 Å². The third-order valence-electron chi connectivity index (χ3n) is 8.90. The summed E-state index contributed by atoms with van der Waals surface area (Å²) in [6, 6.07) is 6.96. The number of aromatic nitrogens is 2. The Kier molecular flexibility index (Phi) is 14.9. The standard InChI is InChI=1S/C34H48Cl3N5O5/c1-4-25(22(2)3)16-29(43)27(15-23-11-7-5-8-12-23)41-30(44)28(17-26-19-39-21-40-26)42-31(45)33(47-32(38)46,20-34(35,36)37)18-24-13-9-6-10-14-24/h4,6,9-10,13-14,19,21-23,25,27-29,43H,1,5,7-8,11-12,15-18,20H2,2-3H3,(H2,38,46)(H,39,40)(H,41,44)(H,42,45)/t25-,27-,28-,29+,33-/m0/s1. The van der Waals surface area contributed by atoms with Crippen molar-refractivity contribution in [2.45, 2.75) is 106 Å². The third kappa shape index (κ3) is 12.6. The molecule has 10 nitrogen and oxygen atoms in total. The molecule has 2 aromatic rings. The minimum absolute atomic E-state index is 0.0135. The lowest BCUT2D eigenvalue weighted by Crippen LogP contribution is -2.60. The lowest BCUT2D eigenvalue weighted by Gasteiger charge is -2.36. The van der Waals surface area contributed by atoms with Crippen LogP contribution >= 0.6 is 34.8 Å². The maximum atomic E-state index is 14.2. The number of nitrogens with two attached hydrogens (primary N) is 1. The van der Waals surface area contributed by atoms with Crippen molar-refractivity contribution in [2.75, 3.05) is 0 Å². The smallest absolute Gasteiger partial charge is 0.405 e. The molecule has 1 saturated carbocycles. The molecule has 1 aromatic heterocycles. The molecular weight excluding hydrogens is 665 g/mol. The average molecular weight is 713 g/mol. The monoisotopic (exact) mass is 711 g/mol. The maximum absolute atomic E-state index is 14.2. The van der Waals surface area contributed by atoms with Crippen LogP contribution in [0.5, 0.6) is 0 Å². The van der Waals surface area contributed by atoms with Gasteiger partial charge < -0.3 is 31.2 Å². The Morgan fingerprint density at radius 2 is 1.83 bits per heavy atom. The predicted molar refractivity (Wildman–Crippen MR) is 185 cm³/mol. The molecule has 13 heteroatoms. The van der Waals surface area contributed by atoms with Crippen LogP contribution in [0.2, 0.25) is 0 Å². The van der Waals surface area contributed by atoms with E-state index in [1.807, 2.05) is 6.08 Å². The fourth-order valence-corrected chi connectivity index (χ4v) is 7.00. The number of carbonyl (C=O) groups excluding carboxylic acids is 3. The molecule has 0 unspecified atom stereocenters. The van der Waals surface area contributed by atoms with Gasteiger partial charge in [0.1, 0.15) is 6.04 Å². The summed E-state index contributed by atoms with van der Waals surface area (Å²) in [6.45, 7) is 8.08. The van der Waals surface area contributed by atoms with Crippen LogP contribution in [0.15, 0.2) is 55.5 Å². The second-order valence-electron chi connectivity index (χ2n) is 13.0. The van der Waals surface area contributed by atoms with Gasteiger partial charge in [-0.2, -0.15) is 0 Å². The second kappa shape index (κ2) is 18.1. The highest BCUT2D eigenvalue weighted by Gasteiger charge is 2.49.